The summed E-state index contributed by atoms with van der Waals surface area (Å²) in [6.07, 6.45) is 5.57. The van der Waals surface area contributed by atoms with Gasteiger partial charge in [-0.2, -0.15) is 0 Å². The minimum absolute atomic E-state index is 0.0437. The van der Waals surface area contributed by atoms with Gasteiger partial charge in [-0.05, 0) is 30.7 Å². The average molecular weight is 338 g/mol. The Labute approximate surface area is 144 Å². The molecule has 128 valence electrons. The van der Waals surface area contributed by atoms with Gasteiger partial charge in [0.05, 0.1) is 0 Å². The topological polar surface area (TPSA) is 101 Å². The lowest BCUT2D eigenvalue weighted by molar-refractivity contribution is 0.0931. The van der Waals surface area contributed by atoms with Crippen molar-refractivity contribution in [2.75, 3.05) is 13.2 Å². The Morgan fingerprint density at radius 1 is 1.20 bits per heavy atom. The van der Waals surface area contributed by atoms with Crippen LogP contribution in [0.2, 0.25) is 0 Å². The summed E-state index contributed by atoms with van der Waals surface area (Å²) in [4.78, 5) is 20.4. The highest BCUT2D eigenvalue weighted by atomic mass is 16.5. The largest absolute Gasteiger partial charge is 0.396 e. The number of nitrogens with one attached hydrogen (secondary N) is 1. The van der Waals surface area contributed by atoms with Crippen LogP contribution in [0.5, 0.6) is 0 Å². The molecular formula is C18H18N4O3. The van der Waals surface area contributed by atoms with Crippen LogP contribution >= 0.6 is 0 Å². The number of carbonyl (C=O) groups excluding carboxylic acids is 1. The second-order valence-electron chi connectivity index (χ2n) is 5.60. The summed E-state index contributed by atoms with van der Waals surface area (Å²) < 4.78 is 5.20. The summed E-state index contributed by atoms with van der Waals surface area (Å²) in [6, 6.07) is 10.8. The first kappa shape index (κ1) is 16.8. The van der Waals surface area contributed by atoms with Crippen LogP contribution in [0.1, 0.15) is 16.2 Å². The molecule has 7 nitrogen and oxygen atoms in total. The van der Waals surface area contributed by atoms with Crippen molar-refractivity contribution < 1.29 is 14.4 Å². The minimum atomic E-state index is -0.344. The molecular weight excluding hydrogens is 320 g/mol. The summed E-state index contributed by atoms with van der Waals surface area (Å²) in [5.74, 6) is 0.0358. The minimum Gasteiger partial charge on any atom is -0.396 e. The van der Waals surface area contributed by atoms with Gasteiger partial charge in [-0.3, -0.25) is 14.8 Å². The molecule has 0 aliphatic heterocycles. The lowest BCUT2D eigenvalue weighted by Crippen LogP contribution is -2.32. The van der Waals surface area contributed by atoms with E-state index in [2.05, 4.69) is 20.4 Å². The third kappa shape index (κ3) is 4.48. The quantitative estimate of drug-likeness (QED) is 0.680. The maximum Gasteiger partial charge on any atom is 0.273 e. The van der Waals surface area contributed by atoms with Crippen LogP contribution in [0, 0.1) is 5.92 Å². The van der Waals surface area contributed by atoms with Crippen molar-refractivity contribution in [2.45, 2.75) is 6.42 Å². The van der Waals surface area contributed by atoms with Gasteiger partial charge in [-0.25, -0.2) is 0 Å². The summed E-state index contributed by atoms with van der Waals surface area (Å²) in [5, 5.41) is 16.1. The first-order valence-electron chi connectivity index (χ1n) is 7.92. The molecule has 3 rings (SSSR count). The number of amides is 1. The van der Waals surface area contributed by atoms with Crippen LogP contribution in [0.25, 0.3) is 11.3 Å². The zero-order valence-corrected chi connectivity index (χ0v) is 13.5. The number of aliphatic hydroxyl groups excluding tert-OH is 1. The molecule has 3 heterocycles. The molecule has 3 aromatic rings. The molecule has 7 heteroatoms. The van der Waals surface area contributed by atoms with Crippen molar-refractivity contribution in [1.82, 2.24) is 20.4 Å². The Bertz CT molecular complexity index is 805. The summed E-state index contributed by atoms with van der Waals surface area (Å²) >= 11 is 0. The third-order valence-electron chi connectivity index (χ3n) is 3.74. The molecule has 0 radical (unpaired) electrons. The molecule has 0 fully saturated rings. The van der Waals surface area contributed by atoms with Crippen molar-refractivity contribution in [3.8, 4) is 11.3 Å². The molecule has 3 aromatic heterocycles. The van der Waals surface area contributed by atoms with E-state index in [0.717, 1.165) is 11.3 Å². The standard InChI is InChI=1S/C18H18N4O3/c23-12-13(9-15-3-1-2-6-20-15)11-21-18(24)16-10-17(25-22-16)14-4-7-19-8-5-14/h1-8,10,13,23H,9,11-12H2,(H,21,24). The smallest absolute Gasteiger partial charge is 0.273 e. The van der Waals surface area contributed by atoms with E-state index in [1.165, 1.54) is 0 Å². The van der Waals surface area contributed by atoms with Crippen LogP contribution in [0.4, 0.5) is 0 Å². The van der Waals surface area contributed by atoms with Gasteiger partial charge in [0.15, 0.2) is 11.5 Å². The second-order valence-corrected chi connectivity index (χ2v) is 5.60. The van der Waals surface area contributed by atoms with Crippen molar-refractivity contribution >= 4 is 5.91 Å². The fraction of sp³-hybridized carbons (Fsp3) is 0.222. The number of carbonyl (C=O) groups is 1. The average Bonchev–Trinajstić information content (AvgIpc) is 3.17. The summed E-state index contributed by atoms with van der Waals surface area (Å²) in [7, 11) is 0. The molecule has 0 aliphatic rings. The number of aliphatic hydroxyl groups is 1. The maximum atomic E-state index is 12.2. The van der Waals surface area contributed by atoms with Crippen LogP contribution in [0.15, 0.2) is 59.5 Å². The predicted molar refractivity (Wildman–Crippen MR) is 90.6 cm³/mol. The zero-order chi connectivity index (χ0) is 17.5. The van der Waals surface area contributed by atoms with Gasteiger partial charge in [0.2, 0.25) is 0 Å². The Morgan fingerprint density at radius 2 is 2.04 bits per heavy atom. The number of pyridine rings is 2. The number of hydrogen-bond acceptors (Lipinski definition) is 6. The van der Waals surface area contributed by atoms with Crippen molar-refractivity contribution in [2.24, 2.45) is 5.92 Å². The number of rotatable bonds is 7. The van der Waals surface area contributed by atoms with E-state index in [4.69, 9.17) is 4.52 Å². The van der Waals surface area contributed by atoms with Crippen molar-refractivity contribution in [3.63, 3.8) is 0 Å². The number of nitrogens with zero attached hydrogens (tertiary/aromatic N) is 3. The Balaban J connectivity index is 1.57. The lowest BCUT2D eigenvalue weighted by Gasteiger charge is -2.14. The first-order chi connectivity index (χ1) is 12.3. The van der Waals surface area contributed by atoms with Gasteiger partial charge in [0.1, 0.15) is 0 Å². The Morgan fingerprint density at radius 3 is 2.76 bits per heavy atom. The molecule has 25 heavy (non-hydrogen) atoms. The highest BCUT2D eigenvalue weighted by molar-refractivity contribution is 5.93. The summed E-state index contributed by atoms with van der Waals surface area (Å²) in [5.41, 5.74) is 1.86. The monoisotopic (exact) mass is 338 g/mol. The van der Waals surface area contributed by atoms with Crippen LogP contribution in [-0.4, -0.2) is 39.3 Å². The molecule has 1 atom stereocenters. The maximum absolute atomic E-state index is 12.2. The SMILES string of the molecule is O=C(NCC(CO)Cc1ccccn1)c1cc(-c2ccncc2)on1. The van der Waals surface area contributed by atoms with E-state index in [1.54, 1.807) is 36.8 Å². The van der Waals surface area contributed by atoms with E-state index in [1.807, 2.05) is 18.2 Å². The predicted octanol–water partition coefficient (Wildman–Crippen LogP) is 1.71. The summed E-state index contributed by atoms with van der Waals surface area (Å²) in [6.45, 7) is 0.279. The van der Waals surface area contributed by atoms with Gasteiger partial charge < -0.3 is 14.9 Å². The van der Waals surface area contributed by atoms with Crippen molar-refractivity contribution in [1.29, 1.82) is 0 Å². The van der Waals surface area contributed by atoms with Gasteiger partial charge in [0, 0.05) is 55.0 Å². The molecule has 0 spiro atoms. The van der Waals surface area contributed by atoms with E-state index in [0.29, 0.717) is 18.7 Å². The van der Waals surface area contributed by atoms with Gasteiger partial charge >= 0.3 is 0 Å². The Kier molecular flexibility index (Phi) is 5.48. The van der Waals surface area contributed by atoms with E-state index in [9.17, 15) is 9.90 Å². The van der Waals surface area contributed by atoms with Crippen LogP contribution < -0.4 is 5.32 Å². The van der Waals surface area contributed by atoms with E-state index in [-0.39, 0.29) is 24.1 Å². The normalized spacial score (nSPS) is 11.9. The fourth-order valence-corrected chi connectivity index (χ4v) is 2.38. The zero-order valence-electron chi connectivity index (χ0n) is 13.5. The number of hydrogen-bond donors (Lipinski definition) is 2. The van der Waals surface area contributed by atoms with E-state index < -0.39 is 0 Å². The van der Waals surface area contributed by atoms with Crippen molar-refractivity contribution in [3.05, 3.63) is 66.4 Å². The lowest BCUT2D eigenvalue weighted by atomic mass is 10.0. The Hall–Kier alpha value is -3.06. The molecule has 2 N–H and O–H groups in total. The van der Waals surface area contributed by atoms with E-state index >= 15 is 0 Å². The van der Waals surface area contributed by atoms with Gasteiger partial charge in [-0.15, -0.1) is 0 Å². The highest BCUT2D eigenvalue weighted by Gasteiger charge is 2.16. The van der Waals surface area contributed by atoms with Crippen LogP contribution in [0.3, 0.4) is 0 Å². The second kappa shape index (κ2) is 8.16. The molecule has 0 aromatic carbocycles. The molecule has 1 amide bonds. The fourth-order valence-electron chi connectivity index (χ4n) is 2.38. The molecule has 0 saturated heterocycles. The number of aromatic nitrogens is 3. The first-order valence-corrected chi connectivity index (χ1v) is 7.92. The molecule has 0 saturated carbocycles. The van der Waals surface area contributed by atoms with Gasteiger partial charge in [0.25, 0.3) is 5.91 Å². The third-order valence-corrected chi connectivity index (χ3v) is 3.74. The van der Waals surface area contributed by atoms with Crippen LogP contribution in [-0.2, 0) is 6.42 Å². The molecule has 0 bridgehead atoms. The highest BCUT2D eigenvalue weighted by Crippen LogP contribution is 2.19. The molecule has 1 unspecified atom stereocenters. The van der Waals surface area contributed by atoms with Gasteiger partial charge in [-0.1, -0.05) is 11.2 Å². The molecule has 0 aliphatic carbocycles.